The first kappa shape index (κ1) is 14.0. The first-order chi connectivity index (χ1) is 10.2. The lowest BCUT2D eigenvalue weighted by Gasteiger charge is -2.09. The maximum absolute atomic E-state index is 12.5. The summed E-state index contributed by atoms with van der Waals surface area (Å²) in [7, 11) is 1.59. The summed E-state index contributed by atoms with van der Waals surface area (Å²) in [4.78, 5) is 12.5. The zero-order valence-electron chi connectivity index (χ0n) is 11.8. The van der Waals surface area contributed by atoms with Crippen LogP contribution in [0, 0.1) is 0 Å². The molecule has 0 fully saturated rings. The first-order valence-corrected chi connectivity index (χ1v) is 7.27. The molecule has 2 aromatic rings. The number of nitrogens with one attached hydrogen (secondary N) is 1. The van der Waals surface area contributed by atoms with E-state index >= 15 is 0 Å². The average molecular weight is 302 g/mol. The van der Waals surface area contributed by atoms with Crippen LogP contribution >= 0.6 is 11.6 Å². The molecule has 2 aromatic carbocycles. The number of carbonyl (C=O) groups excluding carboxylic acids is 1. The molecule has 3 nitrogen and oxygen atoms in total. The van der Waals surface area contributed by atoms with Gasteiger partial charge in [-0.05, 0) is 36.2 Å². The van der Waals surface area contributed by atoms with Gasteiger partial charge in [-0.1, -0.05) is 23.7 Å². The number of Topliss-reactive ketones (excluding diaryl/α,β-unsaturated/α-hetero) is 1. The molecule has 0 aliphatic carbocycles. The molecular formula is C17H16ClNO2. The van der Waals surface area contributed by atoms with Crippen LogP contribution < -0.4 is 10.1 Å². The van der Waals surface area contributed by atoms with Crippen LogP contribution in [0.5, 0.6) is 5.75 Å². The second-order valence-electron chi connectivity index (χ2n) is 5.10. The van der Waals surface area contributed by atoms with Crippen molar-refractivity contribution in [1.29, 1.82) is 0 Å². The van der Waals surface area contributed by atoms with Gasteiger partial charge in [-0.2, -0.15) is 0 Å². The summed E-state index contributed by atoms with van der Waals surface area (Å²) < 4.78 is 5.29. The smallest absolute Gasteiger partial charge is 0.167 e. The van der Waals surface area contributed by atoms with Crippen molar-refractivity contribution in [2.75, 3.05) is 19.0 Å². The largest absolute Gasteiger partial charge is 0.496 e. The van der Waals surface area contributed by atoms with Crippen molar-refractivity contribution < 1.29 is 9.53 Å². The third-order valence-electron chi connectivity index (χ3n) is 3.74. The summed E-state index contributed by atoms with van der Waals surface area (Å²) in [6, 6.07) is 11.2. The maximum atomic E-state index is 12.5. The molecule has 0 unspecified atom stereocenters. The zero-order chi connectivity index (χ0) is 14.8. The molecular weight excluding hydrogens is 286 g/mol. The SMILES string of the molecule is COc1ccc(Cl)cc1CC(=O)c1ccc2c(c1)NCC2. The number of methoxy groups -OCH3 is 1. The standard InChI is InChI=1S/C17H16ClNO2/c1-21-17-5-4-14(18)8-13(17)10-16(20)12-3-2-11-6-7-19-15(11)9-12/h2-5,8-9,19H,6-7,10H2,1H3. The predicted molar refractivity (Wildman–Crippen MR) is 84.7 cm³/mol. The van der Waals surface area contributed by atoms with E-state index in [1.807, 2.05) is 18.2 Å². The number of rotatable bonds is 4. The van der Waals surface area contributed by atoms with Crippen molar-refractivity contribution in [3.8, 4) is 5.75 Å². The van der Waals surface area contributed by atoms with Crippen LogP contribution in [0.15, 0.2) is 36.4 Å². The van der Waals surface area contributed by atoms with Gasteiger partial charge in [0.1, 0.15) is 5.75 Å². The van der Waals surface area contributed by atoms with Gasteiger partial charge in [0.15, 0.2) is 5.78 Å². The van der Waals surface area contributed by atoms with Crippen molar-refractivity contribution in [3.05, 3.63) is 58.1 Å². The average Bonchev–Trinajstić information content (AvgIpc) is 2.94. The Bertz CT molecular complexity index is 697. The normalized spacial score (nSPS) is 12.7. The number of hydrogen-bond acceptors (Lipinski definition) is 3. The minimum Gasteiger partial charge on any atom is -0.496 e. The molecule has 0 saturated heterocycles. The molecule has 0 spiro atoms. The van der Waals surface area contributed by atoms with E-state index in [4.69, 9.17) is 16.3 Å². The molecule has 1 N–H and O–H groups in total. The molecule has 0 amide bonds. The second kappa shape index (κ2) is 5.78. The van der Waals surface area contributed by atoms with E-state index in [2.05, 4.69) is 5.32 Å². The number of carbonyl (C=O) groups is 1. The van der Waals surface area contributed by atoms with Gasteiger partial charge in [-0.3, -0.25) is 4.79 Å². The van der Waals surface area contributed by atoms with Crippen molar-refractivity contribution in [2.24, 2.45) is 0 Å². The highest BCUT2D eigenvalue weighted by molar-refractivity contribution is 6.30. The molecule has 3 rings (SSSR count). The van der Waals surface area contributed by atoms with E-state index < -0.39 is 0 Å². The van der Waals surface area contributed by atoms with Crippen LogP contribution in [0.25, 0.3) is 0 Å². The summed E-state index contributed by atoms with van der Waals surface area (Å²) >= 11 is 6.00. The number of halogens is 1. The number of hydrogen-bond donors (Lipinski definition) is 1. The van der Waals surface area contributed by atoms with Crippen LogP contribution in [-0.4, -0.2) is 19.4 Å². The van der Waals surface area contributed by atoms with Crippen molar-refractivity contribution in [3.63, 3.8) is 0 Å². The lowest BCUT2D eigenvalue weighted by Crippen LogP contribution is -2.05. The van der Waals surface area contributed by atoms with E-state index in [-0.39, 0.29) is 12.2 Å². The molecule has 1 aliphatic rings. The highest BCUT2D eigenvalue weighted by Gasteiger charge is 2.15. The molecule has 108 valence electrons. The molecule has 21 heavy (non-hydrogen) atoms. The predicted octanol–water partition coefficient (Wildman–Crippen LogP) is 3.74. The fraction of sp³-hybridized carbons (Fsp3) is 0.235. The number of ketones is 1. The second-order valence-corrected chi connectivity index (χ2v) is 5.54. The van der Waals surface area contributed by atoms with E-state index in [0.29, 0.717) is 16.3 Å². The minimum absolute atomic E-state index is 0.0621. The van der Waals surface area contributed by atoms with E-state index in [1.54, 1.807) is 25.3 Å². The van der Waals surface area contributed by atoms with E-state index in [1.165, 1.54) is 5.56 Å². The fourth-order valence-electron chi connectivity index (χ4n) is 2.62. The van der Waals surface area contributed by atoms with Crippen LogP contribution in [0.4, 0.5) is 5.69 Å². The monoisotopic (exact) mass is 301 g/mol. The van der Waals surface area contributed by atoms with E-state index in [9.17, 15) is 4.79 Å². The molecule has 0 radical (unpaired) electrons. The van der Waals surface area contributed by atoms with Crippen LogP contribution in [0.1, 0.15) is 21.5 Å². The summed E-state index contributed by atoms with van der Waals surface area (Å²) in [5.74, 6) is 0.749. The number of fused-ring (bicyclic) bond motifs is 1. The maximum Gasteiger partial charge on any atom is 0.167 e. The van der Waals surface area contributed by atoms with Crippen LogP contribution in [0.3, 0.4) is 0 Å². The van der Waals surface area contributed by atoms with Crippen LogP contribution in [-0.2, 0) is 12.8 Å². The Labute approximate surface area is 128 Å². The molecule has 1 heterocycles. The summed E-state index contributed by atoms with van der Waals surface area (Å²) in [6.07, 6.45) is 1.30. The summed E-state index contributed by atoms with van der Waals surface area (Å²) in [6.45, 7) is 0.940. The first-order valence-electron chi connectivity index (χ1n) is 6.90. The molecule has 0 saturated carbocycles. The molecule has 0 bridgehead atoms. The molecule has 1 aliphatic heterocycles. The van der Waals surface area contributed by atoms with Gasteiger partial charge in [0.2, 0.25) is 0 Å². The van der Waals surface area contributed by atoms with Gasteiger partial charge >= 0.3 is 0 Å². The van der Waals surface area contributed by atoms with Gasteiger partial charge in [0.05, 0.1) is 7.11 Å². The third-order valence-corrected chi connectivity index (χ3v) is 3.97. The number of anilines is 1. The summed E-state index contributed by atoms with van der Waals surface area (Å²) in [5, 5.41) is 3.90. The zero-order valence-corrected chi connectivity index (χ0v) is 12.5. The molecule has 0 atom stereocenters. The van der Waals surface area contributed by atoms with Gasteiger partial charge in [-0.15, -0.1) is 0 Å². The molecule has 4 heteroatoms. The molecule has 0 aromatic heterocycles. The van der Waals surface area contributed by atoms with Crippen molar-refractivity contribution >= 4 is 23.1 Å². The Hall–Kier alpha value is -2.00. The van der Waals surface area contributed by atoms with Crippen LogP contribution in [0.2, 0.25) is 5.02 Å². The third kappa shape index (κ3) is 2.88. The summed E-state index contributed by atoms with van der Waals surface area (Å²) in [5.41, 5.74) is 3.86. The lowest BCUT2D eigenvalue weighted by atomic mass is 10.0. The number of ether oxygens (including phenoxy) is 1. The van der Waals surface area contributed by atoms with Gasteiger partial charge in [0.25, 0.3) is 0 Å². The minimum atomic E-state index is 0.0621. The highest BCUT2D eigenvalue weighted by atomic mass is 35.5. The Morgan fingerprint density at radius 1 is 1.29 bits per heavy atom. The highest BCUT2D eigenvalue weighted by Crippen LogP contribution is 2.26. The van der Waals surface area contributed by atoms with Gasteiger partial charge in [0, 0.05) is 34.8 Å². The topological polar surface area (TPSA) is 38.3 Å². The Morgan fingerprint density at radius 3 is 2.95 bits per heavy atom. The fourth-order valence-corrected chi connectivity index (χ4v) is 2.82. The Kier molecular flexibility index (Phi) is 3.84. The Morgan fingerprint density at radius 2 is 2.14 bits per heavy atom. The van der Waals surface area contributed by atoms with E-state index in [0.717, 1.165) is 24.2 Å². The van der Waals surface area contributed by atoms with Gasteiger partial charge < -0.3 is 10.1 Å². The number of benzene rings is 2. The van der Waals surface area contributed by atoms with Crippen molar-refractivity contribution in [2.45, 2.75) is 12.8 Å². The van der Waals surface area contributed by atoms with Gasteiger partial charge in [-0.25, -0.2) is 0 Å². The van der Waals surface area contributed by atoms with Crippen molar-refractivity contribution in [1.82, 2.24) is 0 Å². The quantitative estimate of drug-likeness (QED) is 0.874. The lowest BCUT2D eigenvalue weighted by molar-refractivity contribution is 0.0992. The Balaban J connectivity index is 1.85.